The molecule has 2 fully saturated rings. The minimum Gasteiger partial charge on any atom is -0.462 e. The molecule has 9 atom stereocenters. The van der Waals surface area contributed by atoms with Crippen LogP contribution in [-0.4, -0.2) is 97.9 Å². The van der Waals surface area contributed by atoms with E-state index in [0.717, 1.165) is 81.4 Å². The van der Waals surface area contributed by atoms with E-state index in [0.29, 0.717) is 31.5 Å². The van der Waals surface area contributed by atoms with E-state index in [9.17, 15) is 43.5 Å². The Hall–Kier alpha value is -3.58. The number of aromatic nitrogens is 2. The number of anilines is 1. The zero-order chi connectivity index (χ0) is 51.7. The van der Waals surface area contributed by atoms with E-state index in [-0.39, 0.29) is 18.7 Å². The molecule has 6 N–H and O–H groups in total. The van der Waals surface area contributed by atoms with E-state index in [1.54, 1.807) is 0 Å². The molecule has 2 aliphatic heterocycles. The molecule has 2 saturated heterocycles. The lowest BCUT2D eigenvalue weighted by Crippen LogP contribution is -2.36. The fourth-order valence-electron chi connectivity index (χ4n) is 7.43. The van der Waals surface area contributed by atoms with Crippen molar-refractivity contribution in [1.82, 2.24) is 9.55 Å². The zero-order valence-electron chi connectivity index (χ0n) is 41.7. The number of hydrogen-bond acceptors (Lipinski definition) is 16. The summed E-state index contributed by atoms with van der Waals surface area (Å²) < 4.78 is 62.4. The summed E-state index contributed by atoms with van der Waals surface area (Å²) in [5.74, 6) is -1.39. The molecule has 0 aliphatic carbocycles. The van der Waals surface area contributed by atoms with Gasteiger partial charge in [-0.2, -0.15) is 9.29 Å². The van der Waals surface area contributed by atoms with Gasteiger partial charge in [0.05, 0.1) is 25.4 Å². The molecule has 0 saturated carbocycles. The molecule has 0 amide bonds. The molecule has 0 bridgehead atoms. The van der Waals surface area contributed by atoms with Crippen molar-refractivity contribution >= 4 is 33.4 Å². The van der Waals surface area contributed by atoms with Crippen LogP contribution in [-0.2, 0) is 51.0 Å². The van der Waals surface area contributed by atoms with Gasteiger partial charge in [0, 0.05) is 19.0 Å². The summed E-state index contributed by atoms with van der Waals surface area (Å²) in [4.78, 5) is 61.9. The molecule has 3 rings (SSSR count). The molecular weight excluding hydrogens is 961 g/mol. The number of unbranched alkanes of at least 4 members (excludes halogenated alkanes) is 11. The van der Waals surface area contributed by atoms with Crippen LogP contribution in [0, 0.1) is 0 Å². The van der Waals surface area contributed by atoms with Gasteiger partial charge in [0.25, 0.3) is 0 Å². The lowest BCUT2D eigenvalue weighted by atomic mass is 10.1. The Labute approximate surface area is 419 Å². The highest BCUT2D eigenvalue weighted by Gasteiger charge is 2.46. The van der Waals surface area contributed by atoms with Gasteiger partial charge in [-0.3, -0.25) is 23.2 Å². The Morgan fingerprint density at radius 3 is 1.96 bits per heavy atom. The monoisotopic (exact) mass is 1040 g/mol. The number of carbonyl (C=O) groups excluding carboxylic acids is 2. The smallest absolute Gasteiger partial charge is 0.462 e. The average molecular weight is 1040 g/mol. The zero-order valence-corrected chi connectivity index (χ0v) is 43.5. The third-order valence-corrected chi connectivity index (χ3v) is 14.1. The molecule has 402 valence electrons. The van der Waals surface area contributed by atoms with Crippen LogP contribution in [0.1, 0.15) is 161 Å². The molecule has 0 aromatic carbocycles. The molecule has 0 spiro atoms. The quantitative estimate of drug-likeness (QED) is 0.0135. The van der Waals surface area contributed by atoms with Crippen molar-refractivity contribution in [3.05, 3.63) is 83.5 Å². The molecular formula is C50H81N3O16P2. The minimum absolute atomic E-state index is 0.0339. The number of nitrogens with two attached hydrogens (primary N) is 1. The van der Waals surface area contributed by atoms with E-state index in [1.165, 1.54) is 44.6 Å². The fourth-order valence-corrected chi connectivity index (χ4v) is 9.54. The van der Waals surface area contributed by atoms with E-state index in [4.69, 9.17) is 33.7 Å². The van der Waals surface area contributed by atoms with Crippen molar-refractivity contribution in [3.63, 3.8) is 0 Å². The normalized spacial score (nSPS) is 22.5. The van der Waals surface area contributed by atoms with Crippen LogP contribution < -0.4 is 11.4 Å². The van der Waals surface area contributed by atoms with Crippen molar-refractivity contribution in [2.45, 2.75) is 198 Å². The van der Waals surface area contributed by atoms with Crippen molar-refractivity contribution in [2.24, 2.45) is 0 Å². The van der Waals surface area contributed by atoms with Gasteiger partial charge in [0.2, 0.25) is 0 Å². The predicted octanol–water partition coefficient (Wildman–Crippen LogP) is 9.32. The molecule has 19 nitrogen and oxygen atoms in total. The highest BCUT2D eigenvalue weighted by atomic mass is 31.3. The van der Waals surface area contributed by atoms with Crippen LogP contribution in [0.2, 0.25) is 0 Å². The van der Waals surface area contributed by atoms with Gasteiger partial charge in [-0.25, -0.2) is 13.9 Å². The number of aliphatic hydroxyl groups excluding tert-OH is 2. The maximum atomic E-state index is 12.8. The molecule has 3 heterocycles. The first-order valence-electron chi connectivity index (χ1n) is 25.4. The molecule has 1 aromatic rings. The third-order valence-electron chi connectivity index (χ3n) is 11.5. The minimum atomic E-state index is -5.44. The second kappa shape index (κ2) is 35.6. The number of carbonyl (C=O) groups is 2. The number of esters is 2. The number of allylic oxidation sites excluding steroid dienone is 9. The van der Waals surface area contributed by atoms with Gasteiger partial charge >= 0.3 is 33.3 Å². The summed E-state index contributed by atoms with van der Waals surface area (Å²) in [6, 6.07) is 1.24. The van der Waals surface area contributed by atoms with Crippen LogP contribution >= 0.6 is 15.6 Å². The SMILES string of the molecule is CCCCC/C=C\C/C=C\C/C=C\C/C=C\CCCC(=O)O[C@H](COC(=O)CCCCCCC/C=C\CC1OC1CCCCC)COP(=O)(O)OP(=O)(O)OC[C@H]1O[C@@H](n2ccc(N)nc2=O)[C@H](O)[C@@H]1O. The maximum absolute atomic E-state index is 12.8. The van der Waals surface area contributed by atoms with E-state index in [2.05, 4.69) is 71.8 Å². The molecule has 2 aliphatic rings. The van der Waals surface area contributed by atoms with Gasteiger partial charge in [0.1, 0.15) is 30.7 Å². The van der Waals surface area contributed by atoms with Crippen LogP contribution in [0.15, 0.2) is 77.8 Å². The van der Waals surface area contributed by atoms with E-state index in [1.807, 2.05) is 12.2 Å². The molecule has 71 heavy (non-hydrogen) atoms. The number of phosphoric ester groups is 2. The molecule has 21 heteroatoms. The highest BCUT2D eigenvalue weighted by Crippen LogP contribution is 2.60. The Balaban J connectivity index is 1.42. The van der Waals surface area contributed by atoms with Crippen molar-refractivity contribution in [1.29, 1.82) is 0 Å². The van der Waals surface area contributed by atoms with E-state index < -0.39 is 83.7 Å². The Kier molecular flexibility index (Phi) is 30.9. The first-order chi connectivity index (χ1) is 34.1. The number of hydrogen-bond donors (Lipinski definition) is 5. The molecule has 4 unspecified atom stereocenters. The molecule has 1 aromatic heterocycles. The van der Waals surface area contributed by atoms with E-state index >= 15 is 0 Å². The van der Waals surface area contributed by atoms with Crippen molar-refractivity contribution < 1.29 is 71.0 Å². The Morgan fingerprint density at radius 1 is 0.704 bits per heavy atom. The van der Waals surface area contributed by atoms with Gasteiger partial charge < -0.3 is 44.7 Å². The summed E-state index contributed by atoms with van der Waals surface area (Å²) in [5.41, 5.74) is 4.58. The lowest BCUT2D eigenvalue weighted by Gasteiger charge is -2.21. The second-order valence-corrected chi connectivity index (χ2v) is 20.7. The van der Waals surface area contributed by atoms with Crippen LogP contribution in [0.25, 0.3) is 0 Å². The first-order valence-corrected chi connectivity index (χ1v) is 28.4. The lowest BCUT2D eigenvalue weighted by molar-refractivity contribution is -0.161. The topological polar surface area (TPSA) is 278 Å². The number of nitrogens with zero attached hydrogens (tertiary/aromatic N) is 2. The fraction of sp³-hybridized carbons (Fsp3) is 0.680. The highest BCUT2D eigenvalue weighted by molar-refractivity contribution is 7.61. The predicted molar refractivity (Wildman–Crippen MR) is 270 cm³/mol. The summed E-state index contributed by atoms with van der Waals surface area (Å²) in [6.45, 7) is 2.02. The average Bonchev–Trinajstić information content (AvgIpc) is 4.02. The largest absolute Gasteiger partial charge is 0.481 e. The summed E-state index contributed by atoms with van der Waals surface area (Å²) in [7, 11) is -10.9. The first kappa shape index (κ1) is 61.7. The number of phosphoric acid groups is 2. The number of ether oxygens (including phenoxy) is 4. The maximum Gasteiger partial charge on any atom is 0.481 e. The van der Waals surface area contributed by atoms with Gasteiger partial charge in [0.15, 0.2) is 12.3 Å². The van der Waals surface area contributed by atoms with Gasteiger partial charge in [-0.1, -0.05) is 126 Å². The Bertz CT molecular complexity index is 1990. The van der Waals surface area contributed by atoms with Crippen molar-refractivity contribution in [2.75, 3.05) is 25.6 Å². The standard InChI is InChI=1S/C50H81N3O16P2/c1-3-5-7-8-9-10-11-12-13-14-15-16-17-18-23-26-30-34-46(55)66-40(37-63-45(54)33-29-25-22-20-19-21-24-28-32-42-41(67-42)31-27-6-4-2)38-64-70(59,60)69-71(61,62)65-39-43-47(56)48(57)49(68-43)53-36-35-44(51)52-50(53)58/h9-10,12-13,15-16,18,23-24,28,35-36,40-43,47-49,56-57H,3-8,11,14,17,19-22,25-27,29-34,37-39H2,1-2H3,(H,59,60)(H,61,62)(H2,51,52,58)/b10-9-,13-12-,16-15-,23-18-,28-24-/t40-,41?,42?,43-,47-,48-,49-/m1/s1. The van der Waals surface area contributed by atoms with Crippen LogP contribution in [0.4, 0.5) is 5.82 Å². The van der Waals surface area contributed by atoms with Crippen LogP contribution in [0.5, 0.6) is 0 Å². The van der Waals surface area contributed by atoms with Gasteiger partial charge in [-0.05, 0) is 83.1 Å². The third kappa shape index (κ3) is 27.9. The second-order valence-electron chi connectivity index (χ2n) is 17.7. The number of rotatable bonds is 40. The summed E-state index contributed by atoms with van der Waals surface area (Å²) in [5, 5.41) is 20.9. The summed E-state index contributed by atoms with van der Waals surface area (Å²) in [6.07, 6.45) is 34.8. The Morgan fingerprint density at radius 2 is 1.28 bits per heavy atom. The number of epoxide rings is 1. The number of aliphatic hydroxyl groups is 2. The molecule has 0 radical (unpaired) electrons. The van der Waals surface area contributed by atoms with Crippen LogP contribution in [0.3, 0.4) is 0 Å². The summed E-state index contributed by atoms with van der Waals surface area (Å²) >= 11 is 0. The van der Waals surface area contributed by atoms with Gasteiger partial charge in [-0.15, -0.1) is 0 Å². The number of nitrogen functional groups attached to an aromatic ring is 1. The van der Waals surface area contributed by atoms with Crippen molar-refractivity contribution in [3.8, 4) is 0 Å².